The SMILES string of the molecule is CCOc1cc([N+](=O)[O-])c(C(C)OC)cc1OC. The summed E-state index contributed by atoms with van der Waals surface area (Å²) >= 11 is 0. The zero-order valence-electron chi connectivity index (χ0n) is 10.9. The van der Waals surface area contributed by atoms with Crippen molar-refractivity contribution in [3.63, 3.8) is 0 Å². The Morgan fingerprint density at radius 3 is 2.44 bits per heavy atom. The van der Waals surface area contributed by atoms with Crippen molar-refractivity contribution in [1.82, 2.24) is 0 Å². The molecular formula is C12H17NO5. The maximum Gasteiger partial charge on any atom is 0.279 e. The van der Waals surface area contributed by atoms with E-state index in [1.807, 2.05) is 0 Å². The third-order valence-corrected chi connectivity index (χ3v) is 2.60. The van der Waals surface area contributed by atoms with E-state index in [0.717, 1.165) is 0 Å². The third kappa shape index (κ3) is 2.89. The Labute approximate surface area is 106 Å². The lowest BCUT2D eigenvalue weighted by Crippen LogP contribution is -2.04. The topological polar surface area (TPSA) is 70.8 Å². The molecule has 6 heteroatoms. The van der Waals surface area contributed by atoms with Gasteiger partial charge < -0.3 is 14.2 Å². The van der Waals surface area contributed by atoms with Crippen LogP contribution < -0.4 is 9.47 Å². The molecule has 0 N–H and O–H groups in total. The zero-order chi connectivity index (χ0) is 13.7. The molecule has 0 aliphatic rings. The highest BCUT2D eigenvalue weighted by Crippen LogP contribution is 2.38. The molecule has 0 bridgehead atoms. The molecule has 0 aliphatic carbocycles. The van der Waals surface area contributed by atoms with Crippen molar-refractivity contribution in [2.45, 2.75) is 20.0 Å². The average molecular weight is 255 g/mol. The second-order valence-electron chi connectivity index (χ2n) is 3.63. The van der Waals surface area contributed by atoms with Gasteiger partial charge >= 0.3 is 0 Å². The van der Waals surface area contributed by atoms with Crippen LogP contribution in [0.4, 0.5) is 5.69 Å². The summed E-state index contributed by atoms with van der Waals surface area (Å²) in [6, 6.07) is 2.95. The van der Waals surface area contributed by atoms with Crippen LogP contribution in [0.3, 0.4) is 0 Å². The second kappa shape index (κ2) is 6.20. The number of rotatable bonds is 6. The molecule has 1 rings (SSSR count). The third-order valence-electron chi connectivity index (χ3n) is 2.60. The van der Waals surface area contributed by atoms with Crippen molar-refractivity contribution in [3.8, 4) is 11.5 Å². The van der Waals surface area contributed by atoms with Gasteiger partial charge in [0, 0.05) is 7.11 Å². The van der Waals surface area contributed by atoms with Crippen LogP contribution >= 0.6 is 0 Å². The maximum atomic E-state index is 11.1. The molecule has 0 saturated heterocycles. The molecule has 0 amide bonds. The van der Waals surface area contributed by atoms with Crippen LogP contribution in [0.15, 0.2) is 12.1 Å². The quantitative estimate of drug-likeness (QED) is 0.577. The molecule has 1 atom stereocenters. The van der Waals surface area contributed by atoms with Gasteiger partial charge in [-0.3, -0.25) is 10.1 Å². The van der Waals surface area contributed by atoms with Crippen LogP contribution in [0, 0.1) is 10.1 Å². The summed E-state index contributed by atoms with van der Waals surface area (Å²) in [5.41, 5.74) is 0.427. The van der Waals surface area contributed by atoms with E-state index in [1.165, 1.54) is 20.3 Å². The Morgan fingerprint density at radius 2 is 2.00 bits per heavy atom. The first-order valence-electron chi connectivity index (χ1n) is 5.57. The van der Waals surface area contributed by atoms with Gasteiger partial charge in [0.25, 0.3) is 5.69 Å². The van der Waals surface area contributed by atoms with E-state index in [-0.39, 0.29) is 5.69 Å². The van der Waals surface area contributed by atoms with Gasteiger partial charge in [-0.15, -0.1) is 0 Å². The zero-order valence-corrected chi connectivity index (χ0v) is 10.9. The molecule has 1 unspecified atom stereocenters. The predicted molar refractivity (Wildman–Crippen MR) is 66.2 cm³/mol. The fourth-order valence-corrected chi connectivity index (χ4v) is 1.60. The number of nitro benzene ring substituents is 1. The Balaban J connectivity index is 3.36. The Morgan fingerprint density at radius 1 is 1.33 bits per heavy atom. The number of nitro groups is 1. The molecule has 0 aliphatic heterocycles. The standard InChI is InChI=1S/C12H17NO5/c1-5-18-12-7-10(13(14)15)9(8(2)16-3)6-11(12)17-4/h6-8H,5H2,1-4H3. The monoisotopic (exact) mass is 255 g/mol. The molecule has 6 nitrogen and oxygen atoms in total. The molecule has 0 aromatic heterocycles. The number of hydrogen-bond acceptors (Lipinski definition) is 5. The first kappa shape index (κ1) is 14.2. The summed E-state index contributed by atoms with van der Waals surface area (Å²) in [5, 5.41) is 11.1. The van der Waals surface area contributed by atoms with Gasteiger partial charge in [0.2, 0.25) is 0 Å². The Bertz CT molecular complexity index is 433. The second-order valence-corrected chi connectivity index (χ2v) is 3.63. The lowest BCUT2D eigenvalue weighted by Gasteiger charge is -2.14. The molecule has 0 fully saturated rings. The fourth-order valence-electron chi connectivity index (χ4n) is 1.60. The highest BCUT2D eigenvalue weighted by atomic mass is 16.6. The smallest absolute Gasteiger partial charge is 0.279 e. The molecule has 0 heterocycles. The van der Waals surface area contributed by atoms with Crippen molar-refractivity contribution in [2.24, 2.45) is 0 Å². The van der Waals surface area contributed by atoms with E-state index < -0.39 is 11.0 Å². The van der Waals surface area contributed by atoms with Crippen molar-refractivity contribution in [1.29, 1.82) is 0 Å². The van der Waals surface area contributed by atoms with E-state index in [0.29, 0.717) is 23.7 Å². The molecule has 0 saturated carbocycles. The maximum absolute atomic E-state index is 11.1. The number of nitrogens with zero attached hydrogens (tertiary/aromatic N) is 1. The van der Waals surface area contributed by atoms with Crippen LogP contribution in [0.2, 0.25) is 0 Å². The fraction of sp³-hybridized carbons (Fsp3) is 0.500. The van der Waals surface area contributed by atoms with Gasteiger partial charge in [0.05, 0.1) is 36.4 Å². The first-order chi connectivity index (χ1) is 8.54. The van der Waals surface area contributed by atoms with Crippen LogP contribution in [-0.4, -0.2) is 25.7 Å². The highest BCUT2D eigenvalue weighted by Gasteiger charge is 2.23. The molecular weight excluding hydrogens is 238 g/mol. The minimum Gasteiger partial charge on any atom is -0.493 e. The van der Waals surface area contributed by atoms with E-state index >= 15 is 0 Å². The Hall–Kier alpha value is -1.82. The van der Waals surface area contributed by atoms with Gasteiger partial charge in [-0.1, -0.05) is 0 Å². The molecule has 1 aromatic rings. The number of ether oxygens (including phenoxy) is 3. The van der Waals surface area contributed by atoms with Gasteiger partial charge in [0.15, 0.2) is 11.5 Å². The first-order valence-corrected chi connectivity index (χ1v) is 5.57. The number of hydrogen-bond donors (Lipinski definition) is 0. The lowest BCUT2D eigenvalue weighted by molar-refractivity contribution is -0.386. The largest absolute Gasteiger partial charge is 0.493 e. The Kier molecular flexibility index (Phi) is 4.91. The van der Waals surface area contributed by atoms with Gasteiger partial charge in [0.1, 0.15) is 0 Å². The summed E-state index contributed by atoms with van der Waals surface area (Å²) in [6.45, 7) is 3.95. The minimum absolute atomic E-state index is 0.0337. The summed E-state index contributed by atoms with van der Waals surface area (Å²) < 4.78 is 15.6. The van der Waals surface area contributed by atoms with Crippen LogP contribution in [0.5, 0.6) is 11.5 Å². The summed E-state index contributed by atoms with van der Waals surface area (Å²) in [4.78, 5) is 10.6. The summed E-state index contributed by atoms with van der Waals surface area (Å²) in [5.74, 6) is 0.820. The van der Waals surface area contributed by atoms with Crippen molar-refractivity contribution in [3.05, 3.63) is 27.8 Å². The van der Waals surface area contributed by atoms with E-state index in [4.69, 9.17) is 14.2 Å². The van der Waals surface area contributed by atoms with Gasteiger partial charge in [-0.2, -0.15) is 0 Å². The summed E-state index contributed by atoms with van der Waals surface area (Å²) in [6.07, 6.45) is -0.394. The lowest BCUT2D eigenvalue weighted by atomic mass is 10.1. The number of methoxy groups -OCH3 is 2. The minimum atomic E-state index is -0.452. The van der Waals surface area contributed by atoms with E-state index in [1.54, 1.807) is 19.9 Å². The van der Waals surface area contributed by atoms with Gasteiger partial charge in [-0.25, -0.2) is 0 Å². The van der Waals surface area contributed by atoms with Crippen molar-refractivity contribution in [2.75, 3.05) is 20.8 Å². The predicted octanol–water partition coefficient (Wildman–Crippen LogP) is 2.71. The highest BCUT2D eigenvalue weighted by molar-refractivity contribution is 5.55. The van der Waals surface area contributed by atoms with Crippen LogP contribution in [0.1, 0.15) is 25.5 Å². The van der Waals surface area contributed by atoms with E-state index in [2.05, 4.69) is 0 Å². The van der Waals surface area contributed by atoms with Crippen LogP contribution in [0.25, 0.3) is 0 Å². The molecule has 0 spiro atoms. The van der Waals surface area contributed by atoms with Crippen molar-refractivity contribution < 1.29 is 19.1 Å². The van der Waals surface area contributed by atoms with Gasteiger partial charge in [-0.05, 0) is 19.9 Å². The summed E-state index contributed by atoms with van der Waals surface area (Å²) in [7, 11) is 2.99. The van der Waals surface area contributed by atoms with Crippen molar-refractivity contribution >= 4 is 5.69 Å². The molecule has 1 aromatic carbocycles. The molecule has 100 valence electrons. The van der Waals surface area contributed by atoms with E-state index in [9.17, 15) is 10.1 Å². The normalized spacial score (nSPS) is 12.0. The van der Waals surface area contributed by atoms with Crippen LogP contribution in [-0.2, 0) is 4.74 Å². The molecule has 18 heavy (non-hydrogen) atoms. The number of benzene rings is 1. The average Bonchev–Trinajstić information content (AvgIpc) is 2.37. The molecule has 0 radical (unpaired) electrons.